The molecule has 0 aliphatic carbocycles. The molecule has 0 aliphatic rings. The molecule has 2 aromatic rings. The lowest BCUT2D eigenvalue weighted by molar-refractivity contribution is -0.131. The molecule has 5 nitrogen and oxygen atoms in total. The van der Waals surface area contributed by atoms with Gasteiger partial charge in [0.2, 0.25) is 0 Å². The summed E-state index contributed by atoms with van der Waals surface area (Å²) in [4.78, 5) is 10.4. The number of benzene rings is 2. The van der Waals surface area contributed by atoms with Crippen molar-refractivity contribution in [1.29, 1.82) is 0 Å². The Balaban J connectivity index is 2.21. The summed E-state index contributed by atoms with van der Waals surface area (Å²) in [5.41, 5.74) is 0.573. The second-order valence-electron chi connectivity index (χ2n) is 4.24. The summed E-state index contributed by atoms with van der Waals surface area (Å²) >= 11 is 3.23. The van der Waals surface area contributed by atoms with Crippen LogP contribution in [0.3, 0.4) is 0 Å². The summed E-state index contributed by atoms with van der Waals surface area (Å²) in [6, 6.07) is 12.2. The van der Waals surface area contributed by atoms with Crippen molar-refractivity contribution in [3.05, 3.63) is 64.6 Å². The molecule has 0 amide bonds. The maximum Gasteiger partial charge on any atom is 0.339 e. The molecule has 0 unspecified atom stereocenters. The summed E-state index contributed by atoms with van der Waals surface area (Å²) in [6.45, 7) is 0. The lowest BCUT2D eigenvalue weighted by Gasteiger charge is -2.07. The number of hydrogen-bond acceptors (Lipinski definition) is 4. The fourth-order valence-electron chi connectivity index (χ4n) is 1.61. The molecule has 0 atom stereocenters. The number of carboxylic acid groups (broad SMARTS) is 1. The average molecular weight is 383 g/mol. The van der Waals surface area contributed by atoms with Gasteiger partial charge in [-0.1, -0.05) is 34.1 Å². The van der Waals surface area contributed by atoms with Gasteiger partial charge in [0.25, 0.3) is 0 Å². The van der Waals surface area contributed by atoms with Crippen molar-refractivity contribution in [1.82, 2.24) is 0 Å². The lowest BCUT2D eigenvalue weighted by atomic mass is 10.2. The quantitative estimate of drug-likeness (QED) is 0.633. The number of rotatable bonds is 5. The highest BCUT2D eigenvalue weighted by atomic mass is 79.9. The van der Waals surface area contributed by atoms with E-state index in [1.807, 2.05) is 0 Å². The molecule has 1 N–H and O–H groups in total. The summed E-state index contributed by atoms with van der Waals surface area (Å²) in [5.74, 6) is -0.876. The fourth-order valence-corrected chi connectivity index (χ4v) is 2.91. The van der Waals surface area contributed by atoms with Gasteiger partial charge in [-0.05, 0) is 42.0 Å². The van der Waals surface area contributed by atoms with Crippen LogP contribution in [0.4, 0.5) is 0 Å². The van der Waals surface area contributed by atoms with Gasteiger partial charge in [-0.3, -0.25) is 0 Å². The molecule has 2 rings (SSSR count). The van der Waals surface area contributed by atoms with E-state index in [1.165, 1.54) is 36.4 Å². The van der Waals surface area contributed by atoms with Gasteiger partial charge >= 0.3 is 16.1 Å². The predicted molar refractivity (Wildman–Crippen MR) is 85.1 cm³/mol. The molecule has 0 aromatic heterocycles. The monoisotopic (exact) mass is 382 g/mol. The normalized spacial score (nSPS) is 11.5. The van der Waals surface area contributed by atoms with E-state index in [0.717, 1.165) is 6.08 Å². The Kier molecular flexibility index (Phi) is 4.99. The van der Waals surface area contributed by atoms with Crippen LogP contribution in [-0.2, 0) is 14.9 Å². The van der Waals surface area contributed by atoms with Gasteiger partial charge < -0.3 is 9.29 Å². The Hall–Kier alpha value is -2.12. The second-order valence-corrected chi connectivity index (χ2v) is 6.70. The van der Waals surface area contributed by atoms with Crippen LogP contribution < -0.4 is 4.18 Å². The van der Waals surface area contributed by atoms with Gasteiger partial charge in [-0.15, -0.1) is 0 Å². The highest BCUT2D eigenvalue weighted by Crippen LogP contribution is 2.22. The number of carboxylic acids is 1. The Labute approximate surface area is 136 Å². The zero-order valence-corrected chi connectivity index (χ0v) is 13.5. The second kappa shape index (κ2) is 6.76. The first-order chi connectivity index (χ1) is 10.4. The van der Waals surface area contributed by atoms with E-state index in [1.54, 1.807) is 18.2 Å². The Morgan fingerprint density at radius 3 is 2.41 bits per heavy atom. The highest BCUT2D eigenvalue weighted by molar-refractivity contribution is 9.10. The number of carbonyl (C=O) groups is 1. The van der Waals surface area contributed by atoms with E-state index < -0.39 is 16.1 Å². The standard InChI is InChI=1S/C15H11BrO5S/c16-12-2-1-3-13(10-12)21-22(19,20)14-7-4-11(5-8-14)6-9-15(17)18/h1-10H,(H,17,18)/b9-6+. The zero-order valence-electron chi connectivity index (χ0n) is 11.1. The van der Waals surface area contributed by atoms with Crippen LogP contribution >= 0.6 is 15.9 Å². The summed E-state index contributed by atoms with van der Waals surface area (Å²) in [6.07, 6.45) is 2.34. The molecule has 0 radical (unpaired) electrons. The SMILES string of the molecule is O=C(O)/C=C/c1ccc(S(=O)(=O)Oc2cccc(Br)c2)cc1. The van der Waals surface area contributed by atoms with E-state index in [2.05, 4.69) is 15.9 Å². The van der Waals surface area contributed by atoms with E-state index in [9.17, 15) is 13.2 Å². The van der Waals surface area contributed by atoms with E-state index in [-0.39, 0.29) is 10.6 Å². The molecule has 0 spiro atoms. The summed E-state index contributed by atoms with van der Waals surface area (Å²) < 4.78 is 30.0. The van der Waals surface area contributed by atoms with E-state index in [0.29, 0.717) is 10.0 Å². The molecule has 7 heteroatoms. The van der Waals surface area contributed by atoms with Gasteiger partial charge in [0, 0.05) is 10.5 Å². The van der Waals surface area contributed by atoms with Gasteiger partial charge in [0.15, 0.2) is 0 Å². The largest absolute Gasteiger partial charge is 0.478 e. The van der Waals surface area contributed by atoms with Crippen LogP contribution in [0.15, 0.2) is 64.0 Å². The molecule has 2 aromatic carbocycles. The Morgan fingerprint density at radius 1 is 1.14 bits per heavy atom. The topological polar surface area (TPSA) is 80.7 Å². The van der Waals surface area contributed by atoms with Crippen LogP contribution in [-0.4, -0.2) is 19.5 Å². The van der Waals surface area contributed by atoms with Gasteiger partial charge in [-0.25, -0.2) is 4.79 Å². The maximum atomic E-state index is 12.1. The van der Waals surface area contributed by atoms with Crippen LogP contribution in [0.2, 0.25) is 0 Å². The van der Waals surface area contributed by atoms with Crippen LogP contribution in [0.25, 0.3) is 6.08 Å². The first kappa shape index (κ1) is 16.3. The first-order valence-corrected chi connectivity index (χ1v) is 8.28. The minimum Gasteiger partial charge on any atom is -0.478 e. The third-order valence-corrected chi connectivity index (χ3v) is 4.34. The van der Waals surface area contributed by atoms with E-state index >= 15 is 0 Å². The molecule has 0 saturated heterocycles. The van der Waals surface area contributed by atoms with Gasteiger partial charge in [0.05, 0.1) is 0 Å². The smallest absolute Gasteiger partial charge is 0.339 e. The van der Waals surface area contributed by atoms with Crippen molar-refractivity contribution in [2.24, 2.45) is 0 Å². The zero-order chi connectivity index (χ0) is 16.2. The van der Waals surface area contributed by atoms with Crippen molar-refractivity contribution < 1.29 is 22.5 Å². The molecule has 22 heavy (non-hydrogen) atoms. The predicted octanol–water partition coefficient (Wildman–Crippen LogP) is 3.31. The molecule has 114 valence electrons. The molecular formula is C15H11BrO5S. The number of aliphatic carboxylic acids is 1. The maximum absolute atomic E-state index is 12.1. The fraction of sp³-hybridized carbons (Fsp3) is 0. The van der Waals surface area contributed by atoms with Gasteiger partial charge in [0.1, 0.15) is 10.6 Å². The van der Waals surface area contributed by atoms with Gasteiger partial charge in [-0.2, -0.15) is 8.42 Å². The average Bonchev–Trinajstić information content (AvgIpc) is 2.45. The van der Waals surface area contributed by atoms with Crippen LogP contribution in [0, 0.1) is 0 Å². The summed E-state index contributed by atoms with van der Waals surface area (Å²) in [5, 5.41) is 8.54. The van der Waals surface area contributed by atoms with Crippen LogP contribution in [0.5, 0.6) is 5.75 Å². The van der Waals surface area contributed by atoms with Crippen molar-refractivity contribution in [2.45, 2.75) is 4.90 Å². The molecule has 0 aliphatic heterocycles. The minimum absolute atomic E-state index is 0.0139. The summed E-state index contributed by atoms with van der Waals surface area (Å²) in [7, 11) is -3.94. The highest BCUT2D eigenvalue weighted by Gasteiger charge is 2.16. The molecular weight excluding hydrogens is 372 g/mol. The molecule has 0 heterocycles. The van der Waals surface area contributed by atoms with Crippen molar-refractivity contribution >= 4 is 38.1 Å². The van der Waals surface area contributed by atoms with Crippen molar-refractivity contribution in [3.63, 3.8) is 0 Å². The van der Waals surface area contributed by atoms with E-state index in [4.69, 9.17) is 9.29 Å². The number of halogens is 1. The van der Waals surface area contributed by atoms with Crippen molar-refractivity contribution in [3.8, 4) is 5.75 Å². The molecule has 0 saturated carbocycles. The minimum atomic E-state index is -3.94. The molecule has 0 fully saturated rings. The third kappa shape index (κ3) is 4.44. The van der Waals surface area contributed by atoms with Crippen LogP contribution in [0.1, 0.15) is 5.56 Å². The lowest BCUT2D eigenvalue weighted by Crippen LogP contribution is -2.09. The third-order valence-electron chi connectivity index (χ3n) is 2.59. The Bertz CT molecular complexity index is 810. The number of hydrogen-bond donors (Lipinski definition) is 1. The Morgan fingerprint density at radius 2 is 1.82 bits per heavy atom. The molecule has 0 bridgehead atoms. The first-order valence-electron chi connectivity index (χ1n) is 6.08. The van der Waals surface area contributed by atoms with Crippen molar-refractivity contribution in [2.75, 3.05) is 0 Å².